The Hall–Kier alpha value is -0.610. The van der Waals surface area contributed by atoms with Gasteiger partial charge in [0.2, 0.25) is 5.79 Å². The molecule has 1 aromatic carbocycles. The van der Waals surface area contributed by atoms with Crippen LogP contribution in [0.1, 0.15) is 26.3 Å². The second kappa shape index (κ2) is 5.17. The van der Waals surface area contributed by atoms with Crippen LogP contribution >= 0.6 is 12.4 Å². The van der Waals surface area contributed by atoms with Crippen molar-refractivity contribution in [2.24, 2.45) is 0 Å². The topological polar surface area (TPSA) is 32.7 Å². The molecule has 102 valence electrons. The van der Waals surface area contributed by atoms with Gasteiger partial charge in [-0.1, -0.05) is 30.3 Å². The van der Waals surface area contributed by atoms with Crippen LogP contribution in [0, 0.1) is 0 Å². The minimum atomic E-state index is -1.22. The molecule has 0 unspecified atom stereocenters. The van der Waals surface area contributed by atoms with E-state index in [0.717, 1.165) is 5.56 Å². The van der Waals surface area contributed by atoms with Crippen LogP contribution in [0.3, 0.4) is 0 Å². The maximum Gasteiger partial charge on any atom is 0.208 e. The van der Waals surface area contributed by atoms with Gasteiger partial charge in [0, 0.05) is 11.1 Å². The molecular weight excluding hydrogens is 250 g/mol. The summed E-state index contributed by atoms with van der Waals surface area (Å²) in [6.45, 7) is 6.75. The zero-order chi connectivity index (χ0) is 12.7. The van der Waals surface area contributed by atoms with Gasteiger partial charge in [-0.05, 0) is 27.8 Å². The zero-order valence-electron chi connectivity index (χ0n) is 11.4. The minimum Gasteiger partial charge on any atom is -0.361 e. The van der Waals surface area contributed by atoms with Crippen molar-refractivity contribution < 1.29 is 9.84 Å². The number of nitrogens with zero attached hydrogens (tertiary/aromatic N) is 1. The van der Waals surface area contributed by atoms with E-state index in [9.17, 15) is 5.11 Å². The zero-order valence-corrected chi connectivity index (χ0v) is 12.2. The molecule has 1 saturated heterocycles. The van der Waals surface area contributed by atoms with Gasteiger partial charge < -0.3 is 9.84 Å². The van der Waals surface area contributed by atoms with E-state index in [1.165, 1.54) is 0 Å². The van der Waals surface area contributed by atoms with E-state index in [1.54, 1.807) is 0 Å². The number of halogens is 1. The molecule has 0 saturated carbocycles. The van der Waals surface area contributed by atoms with E-state index in [-0.39, 0.29) is 24.0 Å². The van der Waals surface area contributed by atoms with Crippen LogP contribution < -0.4 is 0 Å². The maximum absolute atomic E-state index is 10.7. The fraction of sp³-hybridized carbons (Fsp3) is 0.571. The van der Waals surface area contributed by atoms with Gasteiger partial charge in [0.1, 0.15) is 0 Å². The highest BCUT2D eigenvalue weighted by Crippen LogP contribution is 2.37. The summed E-state index contributed by atoms with van der Waals surface area (Å²) in [5.41, 5.74) is 0.760. The molecule has 1 N–H and O–H groups in total. The predicted molar refractivity (Wildman–Crippen MR) is 74.8 cm³/mol. The van der Waals surface area contributed by atoms with Crippen molar-refractivity contribution in [3.63, 3.8) is 0 Å². The summed E-state index contributed by atoms with van der Waals surface area (Å²) >= 11 is 0. The lowest BCUT2D eigenvalue weighted by atomic mass is 9.90. The Kier molecular flexibility index (Phi) is 4.44. The van der Waals surface area contributed by atoms with E-state index < -0.39 is 5.79 Å². The Labute approximate surface area is 115 Å². The maximum atomic E-state index is 10.7. The third kappa shape index (κ3) is 2.41. The van der Waals surface area contributed by atoms with Gasteiger partial charge in [-0.15, -0.1) is 12.4 Å². The van der Waals surface area contributed by atoms with Crippen LogP contribution in [0.25, 0.3) is 0 Å². The molecule has 1 fully saturated rings. The summed E-state index contributed by atoms with van der Waals surface area (Å²) in [6.07, 6.45) is 0. The number of hydrogen-bond acceptors (Lipinski definition) is 3. The molecule has 0 bridgehead atoms. The highest BCUT2D eigenvalue weighted by molar-refractivity contribution is 5.85. The van der Waals surface area contributed by atoms with Crippen molar-refractivity contribution in [2.45, 2.75) is 38.1 Å². The molecule has 3 nitrogen and oxygen atoms in total. The van der Waals surface area contributed by atoms with Crippen LogP contribution in [-0.4, -0.2) is 35.2 Å². The first kappa shape index (κ1) is 15.4. The lowest BCUT2D eigenvalue weighted by Crippen LogP contribution is -2.63. The van der Waals surface area contributed by atoms with Gasteiger partial charge in [-0.3, -0.25) is 4.90 Å². The van der Waals surface area contributed by atoms with Crippen LogP contribution in [0.5, 0.6) is 0 Å². The number of likely N-dealkylation sites (N-methyl/N-ethyl adjacent to an activating group) is 1. The van der Waals surface area contributed by atoms with Crippen LogP contribution in [0.2, 0.25) is 0 Å². The second-order valence-corrected chi connectivity index (χ2v) is 5.45. The molecule has 1 aromatic rings. The van der Waals surface area contributed by atoms with E-state index in [1.807, 2.05) is 44.3 Å². The molecule has 1 aliphatic rings. The number of ether oxygens (including phenoxy) is 1. The van der Waals surface area contributed by atoms with Crippen molar-refractivity contribution in [1.82, 2.24) is 4.90 Å². The van der Waals surface area contributed by atoms with Crippen molar-refractivity contribution in [3.05, 3.63) is 35.9 Å². The van der Waals surface area contributed by atoms with E-state index in [4.69, 9.17) is 4.74 Å². The molecule has 0 radical (unpaired) electrons. The molecule has 1 aliphatic heterocycles. The molecule has 0 aromatic heterocycles. The minimum absolute atomic E-state index is 0. The first-order chi connectivity index (χ1) is 7.88. The molecule has 2 rings (SSSR count). The SMILES string of the molecule is C[C@H]1N(C)C(C)(C)CO[C@@]1(O)c1ccccc1.Cl. The first-order valence-corrected chi connectivity index (χ1v) is 6.03. The Balaban J connectivity index is 0.00000162. The highest BCUT2D eigenvalue weighted by Gasteiger charge is 2.48. The Morgan fingerprint density at radius 1 is 1.28 bits per heavy atom. The van der Waals surface area contributed by atoms with Crippen LogP contribution in [0.15, 0.2) is 30.3 Å². The van der Waals surface area contributed by atoms with E-state index in [0.29, 0.717) is 6.61 Å². The molecule has 0 spiro atoms. The quantitative estimate of drug-likeness (QED) is 0.851. The van der Waals surface area contributed by atoms with Gasteiger partial charge in [-0.25, -0.2) is 0 Å². The van der Waals surface area contributed by atoms with Gasteiger partial charge in [0.05, 0.1) is 12.6 Å². The normalized spacial score (nSPS) is 31.7. The number of benzene rings is 1. The van der Waals surface area contributed by atoms with Crippen LogP contribution in [0.4, 0.5) is 0 Å². The lowest BCUT2D eigenvalue weighted by Gasteiger charge is -2.51. The van der Waals surface area contributed by atoms with Crippen molar-refractivity contribution >= 4 is 12.4 Å². The first-order valence-electron chi connectivity index (χ1n) is 6.03. The standard InChI is InChI=1S/C14H21NO2.ClH/c1-11-14(16,12-8-6-5-7-9-12)17-10-13(2,3)15(11)4;/h5-9,11,16H,10H2,1-4H3;1H/t11-,14-;/m1./s1. The van der Waals surface area contributed by atoms with E-state index >= 15 is 0 Å². The molecule has 2 atom stereocenters. The van der Waals surface area contributed by atoms with Gasteiger partial charge >= 0.3 is 0 Å². The van der Waals surface area contributed by atoms with Crippen molar-refractivity contribution in [3.8, 4) is 0 Å². The molecule has 0 amide bonds. The third-order valence-electron chi connectivity index (χ3n) is 3.93. The Morgan fingerprint density at radius 2 is 1.83 bits per heavy atom. The predicted octanol–water partition coefficient (Wildman–Crippen LogP) is 2.38. The average molecular weight is 272 g/mol. The van der Waals surface area contributed by atoms with Gasteiger partial charge in [-0.2, -0.15) is 0 Å². The van der Waals surface area contributed by atoms with Crippen LogP contribution in [-0.2, 0) is 10.5 Å². The average Bonchev–Trinajstić information content (AvgIpc) is 2.34. The Bertz CT molecular complexity index is 396. The van der Waals surface area contributed by atoms with E-state index in [2.05, 4.69) is 18.7 Å². The number of aliphatic hydroxyl groups is 1. The van der Waals surface area contributed by atoms with Crippen molar-refractivity contribution in [1.29, 1.82) is 0 Å². The Morgan fingerprint density at radius 3 is 2.39 bits per heavy atom. The molecule has 0 aliphatic carbocycles. The summed E-state index contributed by atoms with van der Waals surface area (Å²) in [5.74, 6) is -1.22. The fourth-order valence-electron chi connectivity index (χ4n) is 2.30. The number of hydrogen-bond donors (Lipinski definition) is 1. The second-order valence-electron chi connectivity index (χ2n) is 5.45. The summed E-state index contributed by atoms with van der Waals surface area (Å²) in [6, 6.07) is 9.50. The monoisotopic (exact) mass is 271 g/mol. The fourth-order valence-corrected chi connectivity index (χ4v) is 2.30. The summed E-state index contributed by atoms with van der Waals surface area (Å²) in [7, 11) is 2.03. The summed E-state index contributed by atoms with van der Waals surface area (Å²) < 4.78 is 5.76. The van der Waals surface area contributed by atoms with Gasteiger partial charge in [0.25, 0.3) is 0 Å². The summed E-state index contributed by atoms with van der Waals surface area (Å²) in [5, 5.41) is 10.7. The molecule has 1 heterocycles. The van der Waals surface area contributed by atoms with Crippen molar-refractivity contribution in [2.75, 3.05) is 13.7 Å². The molecule has 4 heteroatoms. The summed E-state index contributed by atoms with van der Waals surface area (Å²) in [4.78, 5) is 2.17. The molecule has 18 heavy (non-hydrogen) atoms. The largest absolute Gasteiger partial charge is 0.361 e. The molecular formula is C14H22ClNO2. The number of rotatable bonds is 1. The van der Waals surface area contributed by atoms with Gasteiger partial charge in [0.15, 0.2) is 0 Å². The lowest BCUT2D eigenvalue weighted by molar-refractivity contribution is -0.298. The number of morpholine rings is 1. The highest BCUT2D eigenvalue weighted by atomic mass is 35.5. The third-order valence-corrected chi connectivity index (χ3v) is 3.93. The smallest absolute Gasteiger partial charge is 0.208 e.